The number of piperidine rings is 2. The summed E-state index contributed by atoms with van der Waals surface area (Å²) in [4.78, 5) is 25.6. The molecule has 0 aromatic heterocycles. The Morgan fingerprint density at radius 2 is 2.05 bits per heavy atom. The number of rotatable bonds is 3. The van der Waals surface area contributed by atoms with Gasteiger partial charge >= 0.3 is 5.97 Å². The zero-order chi connectivity index (χ0) is 13.9. The number of nitrogens with one attached hydrogen (secondary N) is 1. The van der Waals surface area contributed by atoms with Crippen molar-refractivity contribution in [3.8, 4) is 0 Å². The SMILES string of the molecule is CCC1(C(=O)O)CCN(C(=O)[C@@H]2CCCNC2)CC1. The number of carboxylic acid groups (broad SMARTS) is 1. The number of carboxylic acids is 1. The third-order valence-corrected chi connectivity index (χ3v) is 4.81. The van der Waals surface area contributed by atoms with E-state index in [9.17, 15) is 14.7 Å². The molecule has 0 aromatic carbocycles. The molecule has 19 heavy (non-hydrogen) atoms. The van der Waals surface area contributed by atoms with Gasteiger partial charge in [-0.2, -0.15) is 0 Å². The van der Waals surface area contributed by atoms with Crippen LogP contribution in [-0.4, -0.2) is 48.1 Å². The molecule has 2 aliphatic rings. The summed E-state index contributed by atoms with van der Waals surface area (Å²) < 4.78 is 0. The van der Waals surface area contributed by atoms with Gasteiger partial charge in [0.15, 0.2) is 0 Å². The molecule has 5 heteroatoms. The van der Waals surface area contributed by atoms with Crippen LogP contribution in [0.3, 0.4) is 0 Å². The molecule has 2 saturated heterocycles. The minimum Gasteiger partial charge on any atom is -0.481 e. The van der Waals surface area contributed by atoms with E-state index in [-0.39, 0.29) is 11.8 Å². The fraction of sp³-hybridized carbons (Fsp3) is 0.857. The highest BCUT2D eigenvalue weighted by Crippen LogP contribution is 2.35. The molecule has 5 nitrogen and oxygen atoms in total. The van der Waals surface area contributed by atoms with Crippen molar-refractivity contribution in [3.63, 3.8) is 0 Å². The lowest BCUT2D eigenvalue weighted by molar-refractivity contribution is -0.155. The van der Waals surface area contributed by atoms with Crippen LogP contribution in [0.5, 0.6) is 0 Å². The van der Waals surface area contributed by atoms with Gasteiger partial charge in [-0.05, 0) is 38.6 Å². The molecule has 0 radical (unpaired) electrons. The highest BCUT2D eigenvalue weighted by Gasteiger charge is 2.41. The number of aliphatic carboxylic acids is 1. The van der Waals surface area contributed by atoms with Gasteiger partial charge in [0.2, 0.25) is 5.91 Å². The van der Waals surface area contributed by atoms with E-state index in [1.165, 1.54) is 0 Å². The number of hydrogen-bond acceptors (Lipinski definition) is 3. The second-order valence-electron chi connectivity index (χ2n) is 5.81. The first-order valence-electron chi connectivity index (χ1n) is 7.32. The van der Waals surface area contributed by atoms with Crippen LogP contribution in [0.2, 0.25) is 0 Å². The molecular weight excluding hydrogens is 244 g/mol. The van der Waals surface area contributed by atoms with Crippen LogP contribution in [0.1, 0.15) is 39.0 Å². The number of amides is 1. The van der Waals surface area contributed by atoms with E-state index in [1.807, 2.05) is 11.8 Å². The van der Waals surface area contributed by atoms with E-state index < -0.39 is 11.4 Å². The van der Waals surface area contributed by atoms with Crippen LogP contribution < -0.4 is 5.32 Å². The smallest absolute Gasteiger partial charge is 0.309 e. The highest BCUT2D eigenvalue weighted by molar-refractivity contribution is 5.80. The molecule has 0 unspecified atom stereocenters. The molecule has 2 fully saturated rings. The van der Waals surface area contributed by atoms with Gasteiger partial charge in [-0.1, -0.05) is 6.92 Å². The minimum atomic E-state index is -0.707. The van der Waals surface area contributed by atoms with Crippen molar-refractivity contribution in [2.24, 2.45) is 11.3 Å². The van der Waals surface area contributed by atoms with Crippen LogP contribution in [-0.2, 0) is 9.59 Å². The quantitative estimate of drug-likeness (QED) is 0.804. The second-order valence-corrected chi connectivity index (χ2v) is 5.81. The first-order valence-corrected chi connectivity index (χ1v) is 7.32. The predicted octanol–water partition coefficient (Wildman–Crippen LogP) is 1.09. The van der Waals surface area contributed by atoms with Gasteiger partial charge in [0.05, 0.1) is 11.3 Å². The third-order valence-electron chi connectivity index (χ3n) is 4.81. The summed E-state index contributed by atoms with van der Waals surface area (Å²) in [6.07, 6.45) is 3.84. The average molecular weight is 268 g/mol. The van der Waals surface area contributed by atoms with Crippen LogP contribution in [0.4, 0.5) is 0 Å². The third kappa shape index (κ3) is 2.91. The first kappa shape index (κ1) is 14.3. The highest BCUT2D eigenvalue weighted by atomic mass is 16.4. The average Bonchev–Trinajstić information content (AvgIpc) is 2.47. The number of nitrogens with zero attached hydrogens (tertiary/aromatic N) is 1. The molecule has 0 aliphatic carbocycles. The van der Waals surface area contributed by atoms with E-state index in [0.29, 0.717) is 32.4 Å². The maximum atomic E-state index is 12.4. The predicted molar refractivity (Wildman–Crippen MR) is 71.8 cm³/mol. The minimum absolute atomic E-state index is 0.0905. The summed E-state index contributed by atoms with van der Waals surface area (Å²) >= 11 is 0. The Hall–Kier alpha value is -1.10. The lowest BCUT2D eigenvalue weighted by Gasteiger charge is -2.40. The number of hydrogen-bond donors (Lipinski definition) is 2. The second kappa shape index (κ2) is 5.90. The summed E-state index contributed by atoms with van der Waals surface area (Å²) in [7, 11) is 0. The Bertz CT molecular complexity index is 343. The molecule has 0 saturated carbocycles. The van der Waals surface area contributed by atoms with Gasteiger partial charge in [0.25, 0.3) is 0 Å². The van der Waals surface area contributed by atoms with Crippen molar-refractivity contribution in [3.05, 3.63) is 0 Å². The standard InChI is InChI=1S/C14H24N2O3/c1-2-14(13(18)19)5-8-16(9-6-14)12(17)11-4-3-7-15-10-11/h11,15H,2-10H2,1H3,(H,18,19)/t11-/m1/s1. The Morgan fingerprint density at radius 1 is 1.37 bits per heavy atom. The largest absolute Gasteiger partial charge is 0.481 e. The fourth-order valence-electron chi connectivity index (χ4n) is 3.19. The van der Waals surface area contributed by atoms with E-state index >= 15 is 0 Å². The Balaban J connectivity index is 1.92. The van der Waals surface area contributed by atoms with Crippen molar-refractivity contribution in [1.29, 1.82) is 0 Å². The summed E-state index contributed by atoms with van der Waals surface area (Å²) in [5.41, 5.74) is -0.610. The van der Waals surface area contributed by atoms with Crippen LogP contribution in [0, 0.1) is 11.3 Å². The molecular formula is C14H24N2O3. The van der Waals surface area contributed by atoms with Gasteiger partial charge in [-0.15, -0.1) is 0 Å². The molecule has 108 valence electrons. The molecule has 0 spiro atoms. The van der Waals surface area contributed by atoms with Gasteiger partial charge in [-0.3, -0.25) is 9.59 Å². The summed E-state index contributed by atoms with van der Waals surface area (Å²) in [5, 5.41) is 12.6. The normalized spacial score (nSPS) is 27.0. The molecule has 1 atom stereocenters. The molecule has 2 rings (SSSR count). The van der Waals surface area contributed by atoms with Crippen LogP contribution in [0.25, 0.3) is 0 Å². The zero-order valence-electron chi connectivity index (χ0n) is 11.7. The molecule has 1 amide bonds. The van der Waals surface area contributed by atoms with Gasteiger partial charge in [-0.25, -0.2) is 0 Å². The first-order chi connectivity index (χ1) is 9.09. The van der Waals surface area contributed by atoms with E-state index in [2.05, 4.69) is 5.32 Å². The fourth-order valence-corrected chi connectivity index (χ4v) is 3.19. The van der Waals surface area contributed by atoms with Crippen molar-refractivity contribution in [2.75, 3.05) is 26.2 Å². The van der Waals surface area contributed by atoms with E-state index in [1.54, 1.807) is 0 Å². The van der Waals surface area contributed by atoms with Crippen molar-refractivity contribution in [1.82, 2.24) is 10.2 Å². The van der Waals surface area contributed by atoms with Crippen LogP contribution in [0.15, 0.2) is 0 Å². The molecule has 2 heterocycles. The van der Waals surface area contributed by atoms with E-state index in [0.717, 1.165) is 25.9 Å². The topological polar surface area (TPSA) is 69.6 Å². The van der Waals surface area contributed by atoms with Gasteiger partial charge < -0.3 is 15.3 Å². The lowest BCUT2D eigenvalue weighted by Crippen LogP contribution is -2.50. The maximum Gasteiger partial charge on any atom is 0.309 e. The van der Waals surface area contributed by atoms with E-state index in [4.69, 9.17) is 0 Å². The zero-order valence-corrected chi connectivity index (χ0v) is 11.7. The molecule has 2 N–H and O–H groups in total. The molecule has 2 aliphatic heterocycles. The monoisotopic (exact) mass is 268 g/mol. The van der Waals surface area contributed by atoms with Crippen molar-refractivity contribution < 1.29 is 14.7 Å². The number of carbonyl (C=O) groups is 2. The number of carbonyl (C=O) groups excluding carboxylic acids is 1. The van der Waals surface area contributed by atoms with Gasteiger partial charge in [0.1, 0.15) is 0 Å². The summed E-state index contributed by atoms with van der Waals surface area (Å²) in [5.74, 6) is -0.406. The van der Waals surface area contributed by atoms with Crippen LogP contribution >= 0.6 is 0 Å². The van der Waals surface area contributed by atoms with Gasteiger partial charge in [0, 0.05) is 19.6 Å². The Kier molecular flexibility index (Phi) is 4.45. The number of likely N-dealkylation sites (tertiary alicyclic amines) is 1. The maximum absolute atomic E-state index is 12.4. The molecule has 0 bridgehead atoms. The summed E-state index contributed by atoms with van der Waals surface area (Å²) in [6.45, 7) is 4.89. The molecule has 0 aromatic rings. The Morgan fingerprint density at radius 3 is 2.53 bits per heavy atom. The Labute approximate surface area is 114 Å². The van der Waals surface area contributed by atoms with Crippen molar-refractivity contribution >= 4 is 11.9 Å². The summed E-state index contributed by atoms with van der Waals surface area (Å²) in [6, 6.07) is 0. The van der Waals surface area contributed by atoms with Crippen molar-refractivity contribution in [2.45, 2.75) is 39.0 Å². The lowest BCUT2D eigenvalue weighted by atomic mass is 9.76.